The van der Waals surface area contributed by atoms with Gasteiger partial charge in [-0.3, -0.25) is 0 Å². The summed E-state index contributed by atoms with van der Waals surface area (Å²) >= 11 is 1.78. The molecular weight excluding hydrogens is 180 g/mol. The summed E-state index contributed by atoms with van der Waals surface area (Å²) in [7, 11) is 0. The van der Waals surface area contributed by atoms with Crippen molar-refractivity contribution in [1.29, 1.82) is 0 Å². The smallest absolute Gasteiger partial charge is 0.0688 e. The van der Waals surface area contributed by atoms with Crippen molar-refractivity contribution in [2.24, 2.45) is 0 Å². The molecule has 2 aromatic rings. The highest BCUT2D eigenvalue weighted by Gasteiger charge is 2.04. The van der Waals surface area contributed by atoms with Crippen molar-refractivity contribution >= 4 is 21.4 Å². The number of thiophene rings is 1. The monoisotopic (exact) mass is 192 g/mol. The first-order valence-corrected chi connectivity index (χ1v) is 5.13. The Morgan fingerprint density at radius 1 is 1.23 bits per heavy atom. The topological polar surface area (TPSA) is 20.2 Å². The van der Waals surface area contributed by atoms with Crippen LogP contribution in [-0.2, 0) is 6.61 Å². The van der Waals surface area contributed by atoms with Crippen molar-refractivity contribution in [3.8, 4) is 0 Å². The molecule has 1 aromatic carbocycles. The molecule has 0 saturated carbocycles. The van der Waals surface area contributed by atoms with E-state index in [2.05, 4.69) is 32.0 Å². The Labute approximate surface area is 81.6 Å². The fraction of sp³-hybridized carbons (Fsp3) is 0.273. The number of aliphatic hydroxyl groups excluding tert-OH is 1. The van der Waals surface area contributed by atoms with E-state index in [0.29, 0.717) is 0 Å². The second-order valence-corrected chi connectivity index (χ2v) is 4.64. The predicted molar refractivity (Wildman–Crippen MR) is 57.2 cm³/mol. The van der Waals surface area contributed by atoms with Gasteiger partial charge in [0.2, 0.25) is 0 Å². The van der Waals surface area contributed by atoms with Crippen molar-refractivity contribution in [1.82, 2.24) is 0 Å². The molecule has 1 N–H and O–H groups in total. The first-order chi connectivity index (χ1) is 6.20. The van der Waals surface area contributed by atoms with Crippen LogP contribution >= 0.6 is 11.3 Å². The number of fused-ring (bicyclic) bond motifs is 1. The van der Waals surface area contributed by atoms with Gasteiger partial charge in [0, 0.05) is 9.58 Å². The third kappa shape index (κ3) is 1.47. The highest BCUT2D eigenvalue weighted by Crippen LogP contribution is 2.29. The van der Waals surface area contributed by atoms with Crippen molar-refractivity contribution in [3.63, 3.8) is 0 Å². The zero-order chi connectivity index (χ0) is 9.42. The molecule has 2 rings (SSSR count). The molecule has 0 aliphatic rings. The molecule has 0 atom stereocenters. The molecule has 0 bridgehead atoms. The van der Waals surface area contributed by atoms with Gasteiger partial charge >= 0.3 is 0 Å². The van der Waals surface area contributed by atoms with Crippen molar-refractivity contribution in [2.75, 3.05) is 0 Å². The zero-order valence-electron chi connectivity index (χ0n) is 7.79. The van der Waals surface area contributed by atoms with Gasteiger partial charge in [0.15, 0.2) is 0 Å². The van der Waals surface area contributed by atoms with E-state index in [4.69, 9.17) is 0 Å². The second kappa shape index (κ2) is 3.13. The Balaban J connectivity index is 2.80. The summed E-state index contributed by atoms with van der Waals surface area (Å²) in [4.78, 5) is 1.30. The molecule has 1 aromatic heterocycles. The van der Waals surface area contributed by atoms with Gasteiger partial charge in [-0.05, 0) is 42.5 Å². The maximum absolute atomic E-state index is 9.17. The summed E-state index contributed by atoms with van der Waals surface area (Å²) in [6, 6.07) is 6.37. The van der Waals surface area contributed by atoms with Crippen LogP contribution in [-0.4, -0.2) is 5.11 Å². The molecule has 1 nitrogen and oxygen atoms in total. The summed E-state index contributed by atoms with van der Waals surface area (Å²) in [6.07, 6.45) is 0. The van der Waals surface area contributed by atoms with Gasteiger partial charge in [0.1, 0.15) is 0 Å². The highest BCUT2D eigenvalue weighted by atomic mass is 32.1. The molecule has 0 saturated heterocycles. The maximum atomic E-state index is 9.17. The van der Waals surface area contributed by atoms with E-state index in [9.17, 15) is 5.11 Å². The lowest BCUT2D eigenvalue weighted by Crippen LogP contribution is -1.84. The third-order valence-corrected chi connectivity index (χ3v) is 3.16. The van der Waals surface area contributed by atoms with E-state index < -0.39 is 0 Å². The molecule has 0 aliphatic carbocycles. The van der Waals surface area contributed by atoms with E-state index in [1.54, 1.807) is 11.3 Å². The molecule has 1 heterocycles. The zero-order valence-corrected chi connectivity index (χ0v) is 8.61. The molecule has 0 radical (unpaired) electrons. The summed E-state index contributed by atoms with van der Waals surface area (Å²) < 4.78 is 1.28. The van der Waals surface area contributed by atoms with Gasteiger partial charge < -0.3 is 5.11 Å². The van der Waals surface area contributed by atoms with Crippen LogP contribution in [0.4, 0.5) is 0 Å². The van der Waals surface area contributed by atoms with Crippen LogP contribution in [0.5, 0.6) is 0 Å². The SMILES string of the molecule is Cc1cc(CO)c2cc(C)sc2c1. The molecule has 0 aliphatic heterocycles. The number of hydrogen-bond acceptors (Lipinski definition) is 2. The Hall–Kier alpha value is -0.860. The van der Waals surface area contributed by atoms with Gasteiger partial charge in [-0.2, -0.15) is 0 Å². The van der Waals surface area contributed by atoms with E-state index in [1.165, 1.54) is 20.5 Å². The second-order valence-electron chi connectivity index (χ2n) is 3.35. The van der Waals surface area contributed by atoms with Crippen molar-refractivity contribution < 1.29 is 5.11 Å². The van der Waals surface area contributed by atoms with Crippen molar-refractivity contribution in [3.05, 3.63) is 34.2 Å². The predicted octanol–water partition coefficient (Wildman–Crippen LogP) is 3.01. The van der Waals surface area contributed by atoms with Crippen LogP contribution in [0, 0.1) is 13.8 Å². The fourth-order valence-corrected chi connectivity index (χ4v) is 2.69. The van der Waals surface area contributed by atoms with E-state index >= 15 is 0 Å². The Bertz CT molecular complexity index is 443. The van der Waals surface area contributed by atoms with Gasteiger partial charge in [0.25, 0.3) is 0 Å². The lowest BCUT2D eigenvalue weighted by atomic mass is 10.1. The van der Waals surface area contributed by atoms with Crippen LogP contribution in [0.3, 0.4) is 0 Å². The summed E-state index contributed by atoms with van der Waals surface area (Å²) in [5.74, 6) is 0. The minimum Gasteiger partial charge on any atom is -0.392 e. The maximum Gasteiger partial charge on any atom is 0.0688 e. The van der Waals surface area contributed by atoms with Gasteiger partial charge in [-0.25, -0.2) is 0 Å². The molecule has 0 spiro atoms. The molecule has 13 heavy (non-hydrogen) atoms. The highest BCUT2D eigenvalue weighted by molar-refractivity contribution is 7.19. The number of aliphatic hydroxyl groups is 1. The Morgan fingerprint density at radius 2 is 2.00 bits per heavy atom. The fourth-order valence-electron chi connectivity index (χ4n) is 1.62. The average Bonchev–Trinajstić information content (AvgIpc) is 2.43. The van der Waals surface area contributed by atoms with Crippen molar-refractivity contribution in [2.45, 2.75) is 20.5 Å². The standard InChI is InChI=1S/C11H12OS/c1-7-3-9(6-12)10-5-8(2)13-11(10)4-7/h3-5,12H,6H2,1-2H3. The largest absolute Gasteiger partial charge is 0.392 e. The van der Waals surface area contributed by atoms with E-state index in [1.807, 2.05) is 0 Å². The minimum atomic E-state index is 0.133. The summed E-state index contributed by atoms with van der Waals surface area (Å²) in [5.41, 5.74) is 2.26. The molecule has 0 amide bonds. The number of benzene rings is 1. The van der Waals surface area contributed by atoms with Crippen LogP contribution in [0.1, 0.15) is 16.0 Å². The molecule has 2 heteroatoms. The average molecular weight is 192 g/mol. The lowest BCUT2D eigenvalue weighted by molar-refractivity contribution is 0.283. The molecular formula is C11H12OS. The molecule has 0 fully saturated rings. The number of aryl methyl sites for hydroxylation is 2. The van der Waals surface area contributed by atoms with Gasteiger partial charge in [0.05, 0.1) is 6.61 Å². The number of rotatable bonds is 1. The third-order valence-electron chi connectivity index (χ3n) is 2.16. The first kappa shape index (κ1) is 8.73. The van der Waals surface area contributed by atoms with Crippen LogP contribution in [0.15, 0.2) is 18.2 Å². The summed E-state index contributed by atoms with van der Waals surface area (Å²) in [6.45, 7) is 4.29. The Morgan fingerprint density at radius 3 is 2.69 bits per heavy atom. The molecule has 68 valence electrons. The normalized spacial score (nSPS) is 11.0. The summed E-state index contributed by atoms with van der Waals surface area (Å²) in [5, 5.41) is 10.4. The quantitative estimate of drug-likeness (QED) is 0.736. The van der Waals surface area contributed by atoms with Crippen LogP contribution < -0.4 is 0 Å². The lowest BCUT2D eigenvalue weighted by Gasteiger charge is -2.00. The van der Waals surface area contributed by atoms with Crippen LogP contribution in [0.2, 0.25) is 0 Å². The van der Waals surface area contributed by atoms with E-state index in [-0.39, 0.29) is 6.61 Å². The van der Waals surface area contributed by atoms with Gasteiger partial charge in [-0.15, -0.1) is 11.3 Å². The van der Waals surface area contributed by atoms with Crippen LogP contribution in [0.25, 0.3) is 10.1 Å². The molecule has 0 unspecified atom stereocenters. The van der Waals surface area contributed by atoms with E-state index in [0.717, 1.165) is 5.56 Å². The minimum absolute atomic E-state index is 0.133. The first-order valence-electron chi connectivity index (χ1n) is 4.31. The Kier molecular flexibility index (Phi) is 2.10. The van der Waals surface area contributed by atoms with Gasteiger partial charge in [-0.1, -0.05) is 6.07 Å². The number of hydrogen-bond donors (Lipinski definition) is 1.